The van der Waals surface area contributed by atoms with E-state index < -0.39 is 10.0 Å². The molecule has 1 amide bonds. The predicted molar refractivity (Wildman–Crippen MR) is 109 cm³/mol. The normalized spacial score (nSPS) is 14.0. The lowest BCUT2D eigenvalue weighted by molar-refractivity contribution is 0.102. The van der Waals surface area contributed by atoms with Gasteiger partial charge in [0, 0.05) is 17.8 Å². The van der Waals surface area contributed by atoms with E-state index in [0.717, 1.165) is 29.2 Å². The summed E-state index contributed by atoms with van der Waals surface area (Å²) in [6.07, 6.45) is 2.84. The number of hydrogen-bond donors (Lipinski definition) is 1. The third kappa shape index (κ3) is 3.40. The van der Waals surface area contributed by atoms with E-state index in [2.05, 4.69) is 5.32 Å². The molecule has 4 rings (SSSR count). The molecule has 0 spiro atoms. The second kappa shape index (κ2) is 6.70. The van der Waals surface area contributed by atoms with E-state index in [4.69, 9.17) is 0 Å². The number of anilines is 2. The lowest BCUT2D eigenvalue weighted by atomic mass is 10.0. The van der Waals surface area contributed by atoms with E-state index in [1.54, 1.807) is 12.1 Å². The largest absolute Gasteiger partial charge is 0.322 e. The van der Waals surface area contributed by atoms with Crippen molar-refractivity contribution in [1.82, 2.24) is 0 Å². The van der Waals surface area contributed by atoms with Crippen molar-refractivity contribution >= 4 is 38.1 Å². The fourth-order valence-electron chi connectivity index (χ4n) is 3.59. The van der Waals surface area contributed by atoms with Gasteiger partial charge in [-0.05, 0) is 47.4 Å². The summed E-state index contributed by atoms with van der Waals surface area (Å²) >= 11 is 0. The van der Waals surface area contributed by atoms with Gasteiger partial charge in [0.1, 0.15) is 0 Å². The monoisotopic (exact) mass is 380 g/mol. The van der Waals surface area contributed by atoms with Gasteiger partial charge in [0.25, 0.3) is 5.91 Å². The first-order valence-corrected chi connectivity index (χ1v) is 10.7. The first kappa shape index (κ1) is 17.5. The molecule has 0 bridgehead atoms. The van der Waals surface area contributed by atoms with Crippen LogP contribution in [0, 0.1) is 0 Å². The Morgan fingerprint density at radius 3 is 2.63 bits per heavy atom. The summed E-state index contributed by atoms with van der Waals surface area (Å²) in [5, 5.41) is 4.79. The van der Waals surface area contributed by atoms with Gasteiger partial charge in [-0.15, -0.1) is 0 Å². The van der Waals surface area contributed by atoms with Crippen LogP contribution in [0.2, 0.25) is 0 Å². The van der Waals surface area contributed by atoms with Gasteiger partial charge in [-0.25, -0.2) is 8.42 Å². The Labute approximate surface area is 158 Å². The highest BCUT2D eigenvalue weighted by atomic mass is 32.2. The maximum Gasteiger partial charge on any atom is 0.256 e. The van der Waals surface area contributed by atoms with Crippen molar-refractivity contribution in [2.45, 2.75) is 12.8 Å². The lowest BCUT2D eigenvalue weighted by Crippen LogP contribution is -2.34. The van der Waals surface area contributed by atoms with Crippen LogP contribution in [0.25, 0.3) is 10.8 Å². The third-order valence-corrected chi connectivity index (χ3v) is 6.03. The number of rotatable bonds is 3. The van der Waals surface area contributed by atoms with Crippen LogP contribution in [-0.4, -0.2) is 27.1 Å². The van der Waals surface area contributed by atoms with E-state index in [0.29, 0.717) is 23.5 Å². The maximum absolute atomic E-state index is 12.8. The molecule has 27 heavy (non-hydrogen) atoms. The van der Waals surface area contributed by atoms with Crippen LogP contribution in [0.1, 0.15) is 22.3 Å². The summed E-state index contributed by atoms with van der Waals surface area (Å²) in [6, 6.07) is 18.8. The number of amides is 1. The molecule has 3 aromatic rings. The third-order valence-electron chi connectivity index (χ3n) is 4.85. The smallest absolute Gasteiger partial charge is 0.256 e. The zero-order valence-electron chi connectivity index (χ0n) is 15.0. The Morgan fingerprint density at radius 1 is 1.04 bits per heavy atom. The molecule has 0 saturated heterocycles. The van der Waals surface area contributed by atoms with Gasteiger partial charge in [0.05, 0.1) is 11.9 Å². The molecule has 1 aliphatic rings. The van der Waals surface area contributed by atoms with Crippen LogP contribution in [0.4, 0.5) is 11.4 Å². The second-order valence-electron chi connectivity index (χ2n) is 6.76. The summed E-state index contributed by atoms with van der Waals surface area (Å²) in [5.74, 6) is -0.214. The highest BCUT2D eigenvalue weighted by molar-refractivity contribution is 7.92. The Bertz CT molecular complexity index is 1130. The topological polar surface area (TPSA) is 66.5 Å². The molecule has 5 nitrogen and oxygen atoms in total. The van der Waals surface area contributed by atoms with Crippen molar-refractivity contribution in [3.63, 3.8) is 0 Å². The van der Waals surface area contributed by atoms with Gasteiger partial charge in [-0.2, -0.15) is 0 Å². The second-order valence-corrected chi connectivity index (χ2v) is 8.67. The number of carbonyl (C=O) groups is 1. The van der Waals surface area contributed by atoms with Crippen molar-refractivity contribution in [2.24, 2.45) is 0 Å². The molecule has 1 heterocycles. The van der Waals surface area contributed by atoms with E-state index in [9.17, 15) is 13.2 Å². The highest BCUT2D eigenvalue weighted by Gasteiger charge is 2.24. The van der Waals surface area contributed by atoms with Gasteiger partial charge in [0.15, 0.2) is 0 Å². The number of fused-ring (bicyclic) bond motifs is 2. The molecule has 6 heteroatoms. The molecule has 3 aromatic carbocycles. The SMILES string of the molecule is CS(=O)(=O)N1CCCc2ccc(NC(=O)c3cccc4ccccc34)cc21. The summed E-state index contributed by atoms with van der Waals surface area (Å²) in [5.41, 5.74) is 2.81. The molecule has 1 N–H and O–H groups in total. The molecule has 138 valence electrons. The minimum absolute atomic E-state index is 0.214. The molecule has 0 radical (unpaired) electrons. The lowest BCUT2D eigenvalue weighted by Gasteiger charge is -2.29. The summed E-state index contributed by atoms with van der Waals surface area (Å²) in [6.45, 7) is 0.465. The minimum atomic E-state index is -3.34. The summed E-state index contributed by atoms with van der Waals surface area (Å²) in [4.78, 5) is 12.8. The average Bonchev–Trinajstić information content (AvgIpc) is 2.66. The van der Waals surface area contributed by atoms with Crippen LogP contribution >= 0.6 is 0 Å². The van der Waals surface area contributed by atoms with Crippen LogP contribution in [0.5, 0.6) is 0 Å². The first-order chi connectivity index (χ1) is 12.9. The quantitative estimate of drug-likeness (QED) is 0.751. The van der Waals surface area contributed by atoms with Crippen molar-refractivity contribution in [2.75, 3.05) is 22.4 Å². The molecule has 0 fully saturated rings. The molecule has 0 aromatic heterocycles. The van der Waals surface area contributed by atoms with Crippen LogP contribution in [0.15, 0.2) is 60.7 Å². The van der Waals surface area contributed by atoms with E-state index in [1.807, 2.05) is 48.5 Å². The van der Waals surface area contributed by atoms with Gasteiger partial charge in [-0.3, -0.25) is 9.10 Å². The first-order valence-electron chi connectivity index (χ1n) is 8.83. The van der Waals surface area contributed by atoms with Crippen LogP contribution < -0.4 is 9.62 Å². The fourth-order valence-corrected chi connectivity index (χ4v) is 4.57. The Kier molecular flexibility index (Phi) is 4.36. The van der Waals surface area contributed by atoms with Crippen LogP contribution in [-0.2, 0) is 16.4 Å². The Balaban J connectivity index is 1.68. The summed E-state index contributed by atoms with van der Waals surface area (Å²) < 4.78 is 25.6. The molecule has 0 atom stereocenters. The molecule has 0 aliphatic carbocycles. The van der Waals surface area contributed by atoms with Gasteiger partial charge < -0.3 is 5.32 Å². The summed E-state index contributed by atoms with van der Waals surface area (Å²) in [7, 11) is -3.34. The van der Waals surface area contributed by atoms with Crippen molar-refractivity contribution in [3.05, 3.63) is 71.8 Å². The number of nitrogens with one attached hydrogen (secondary N) is 1. The fraction of sp³-hybridized carbons (Fsp3) is 0.190. The number of benzene rings is 3. The van der Waals surface area contributed by atoms with Crippen molar-refractivity contribution in [3.8, 4) is 0 Å². The van der Waals surface area contributed by atoms with Crippen molar-refractivity contribution in [1.29, 1.82) is 0 Å². The number of carbonyl (C=O) groups excluding carboxylic acids is 1. The average molecular weight is 380 g/mol. The molecular formula is C21H20N2O3S. The molecular weight excluding hydrogens is 360 g/mol. The van der Waals surface area contributed by atoms with E-state index >= 15 is 0 Å². The highest BCUT2D eigenvalue weighted by Crippen LogP contribution is 2.32. The van der Waals surface area contributed by atoms with Gasteiger partial charge in [0.2, 0.25) is 10.0 Å². The molecule has 1 aliphatic heterocycles. The molecule has 0 unspecified atom stereocenters. The molecule has 0 saturated carbocycles. The van der Waals surface area contributed by atoms with Crippen molar-refractivity contribution < 1.29 is 13.2 Å². The van der Waals surface area contributed by atoms with Crippen LogP contribution in [0.3, 0.4) is 0 Å². The Hall–Kier alpha value is -2.86. The zero-order valence-corrected chi connectivity index (χ0v) is 15.8. The number of aryl methyl sites for hydroxylation is 1. The maximum atomic E-state index is 12.8. The van der Waals surface area contributed by atoms with Gasteiger partial charge >= 0.3 is 0 Å². The van der Waals surface area contributed by atoms with E-state index in [1.165, 1.54) is 10.6 Å². The minimum Gasteiger partial charge on any atom is -0.322 e. The predicted octanol–water partition coefficient (Wildman–Crippen LogP) is 3.80. The Morgan fingerprint density at radius 2 is 1.81 bits per heavy atom. The zero-order chi connectivity index (χ0) is 19.0. The standard InChI is InChI=1S/C21H20N2O3S/c1-27(25,26)23-13-5-8-16-11-12-17(14-20(16)23)22-21(24)19-10-4-7-15-6-2-3-9-18(15)19/h2-4,6-7,9-12,14H,5,8,13H2,1H3,(H,22,24). The number of sulfonamides is 1. The van der Waals surface area contributed by atoms with Gasteiger partial charge in [-0.1, -0.05) is 42.5 Å². The number of hydrogen-bond acceptors (Lipinski definition) is 3. The number of nitrogens with zero attached hydrogens (tertiary/aromatic N) is 1. The van der Waals surface area contributed by atoms with E-state index in [-0.39, 0.29) is 5.91 Å².